The normalized spacial score (nSPS) is 19.3. The molecule has 116 valence electrons. The van der Waals surface area contributed by atoms with Gasteiger partial charge in [0.15, 0.2) is 0 Å². The lowest BCUT2D eigenvalue weighted by molar-refractivity contribution is -0.130. The number of carbonyl (C=O) groups excluding carboxylic acids is 1. The third kappa shape index (κ3) is 3.12. The zero-order valence-electron chi connectivity index (χ0n) is 13.7. The van der Waals surface area contributed by atoms with E-state index in [4.69, 9.17) is 0 Å². The summed E-state index contributed by atoms with van der Waals surface area (Å²) in [6.07, 6.45) is 2.55. The molecule has 23 heavy (non-hydrogen) atoms. The van der Waals surface area contributed by atoms with E-state index in [2.05, 4.69) is 30.7 Å². The van der Waals surface area contributed by atoms with Gasteiger partial charge in [0.25, 0.3) is 0 Å². The van der Waals surface area contributed by atoms with Crippen LogP contribution in [0.4, 0.5) is 0 Å². The Labute approximate surface area is 137 Å². The standard InChI is InChI=1S/C20H20N2O/c1-20(2)13-17(19(23)22(20)3)18-12-11-16(14-21-18)10-9-15-7-5-4-6-8-15/h4-8,11-12,14,17H,13H2,1-3H3. The van der Waals surface area contributed by atoms with Gasteiger partial charge >= 0.3 is 0 Å². The lowest BCUT2D eigenvalue weighted by Crippen LogP contribution is -2.37. The number of nitrogens with zero attached hydrogens (tertiary/aromatic N) is 2. The number of carbonyl (C=O) groups is 1. The van der Waals surface area contributed by atoms with Crippen LogP contribution in [-0.4, -0.2) is 28.4 Å². The van der Waals surface area contributed by atoms with Gasteiger partial charge in [-0.3, -0.25) is 9.78 Å². The molecule has 1 atom stereocenters. The van der Waals surface area contributed by atoms with E-state index < -0.39 is 0 Å². The van der Waals surface area contributed by atoms with Crippen LogP contribution in [0.2, 0.25) is 0 Å². The number of amides is 1. The number of benzene rings is 1. The van der Waals surface area contributed by atoms with Crippen LogP contribution in [-0.2, 0) is 4.79 Å². The number of hydrogen-bond acceptors (Lipinski definition) is 2. The van der Waals surface area contributed by atoms with E-state index in [1.807, 2.05) is 54.4 Å². The van der Waals surface area contributed by atoms with Gasteiger partial charge in [0.05, 0.1) is 11.6 Å². The predicted octanol–water partition coefficient (Wildman–Crippen LogP) is 3.21. The summed E-state index contributed by atoms with van der Waals surface area (Å²) in [6.45, 7) is 4.18. The molecule has 0 bridgehead atoms. The highest BCUT2D eigenvalue weighted by atomic mass is 16.2. The molecule has 2 heterocycles. The number of likely N-dealkylation sites (N-methyl/N-ethyl adjacent to an activating group) is 1. The minimum atomic E-state index is -0.147. The molecule has 1 saturated heterocycles. The molecule has 0 radical (unpaired) electrons. The Morgan fingerprint density at radius 1 is 1.09 bits per heavy atom. The van der Waals surface area contributed by atoms with Crippen LogP contribution in [0.3, 0.4) is 0 Å². The Balaban J connectivity index is 1.79. The molecule has 2 aromatic rings. The maximum atomic E-state index is 12.4. The molecule has 1 aromatic heterocycles. The maximum absolute atomic E-state index is 12.4. The molecule has 3 rings (SSSR count). The summed E-state index contributed by atoms with van der Waals surface area (Å²) in [7, 11) is 1.86. The van der Waals surface area contributed by atoms with Crippen molar-refractivity contribution in [3.05, 3.63) is 65.5 Å². The van der Waals surface area contributed by atoms with Crippen LogP contribution in [0.15, 0.2) is 48.7 Å². The minimum absolute atomic E-state index is 0.116. The third-order valence-electron chi connectivity index (χ3n) is 4.51. The van der Waals surface area contributed by atoms with Crippen LogP contribution in [0.1, 0.15) is 43.0 Å². The second-order valence-corrected chi connectivity index (χ2v) is 6.55. The van der Waals surface area contributed by atoms with Crippen molar-refractivity contribution in [3.63, 3.8) is 0 Å². The fraction of sp³-hybridized carbons (Fsp3) is 0.300. The molecule has 1 fully saturated rings. The van der Waals surface area contributed by atoms with Crippen molar-refractivity contribution in [2.75, 3.05) is 7.05 Å². The molecule has 3 nitrogen and oxygen atoms in total. The highest BCUT2D eigenvalue weighted by molar-refractivity contribution is 5.86. The first-order valence-corrected chi connectivity index (χ1v) is 7.78. The molecule has 1 amide bonds. The molecule has 0 saturated carbocycles. The molecule has 1 aliphatic heterocycles. The smallest absolute Gasteiger partial charge is 0.231 e. The molecule has 0 spiro atoms. The Morgan fingerprint density at radius 3 is 2.35 bits per heavy atom. The zero-order valence-corrected chi connectivity index (χ0v) is 13.7. The molecule has 1 unspecified atom stereocenters. The van der Waals surface area contributed by atoms with E-state index in [0.717, 1.165) is 23.2 Å². The third-order valence-corrected chi connectivity index (χ3v) is 4.51. The van der Waals surface area contributed by atoms with Crippen molar-refractivity contribution in [3.8, 4) is 11.8 Å². The van der Waals surface area contributed by atoms with Crippen molar-refractivity contribution >= 4 is 5.91 Å². The van der Waals surface area contributed by atoms with Crippen molar-refractivity contribution in [2.24, 2.45) is 0 Å². The zero-order chi connectivity index (χ0) is 16.4. The fourth-order valence-electron chi connectivity index (χ4n) is 2.84. The Morgan fingerprint density at radius 2 is 1.78 bits per heavy atom. The Bertz CT molecular complexity index is 767. The number of hydrogen-bond donors (Lipinski definition) is 0. The summed E-state index contributed by atoms with van der Waals surface area (Å²) < 4.78 is 0. The molecule has 3 heteroatoms. The average molecular weight is 304 g/mol. The maximum Gasteiger partial charge on any atom is 0.231 e. The lowest BCUT2D eigenvalue weighted by Gasteiger charge is -2.26. The van der Waals surface area contributed by atoms with Crippen LogP contribution in [0.25, 0.3) is 0 Å². The van der Waals surface area contributed by atoms with Gasteiger partial charge in [-0.15, -0.1) is 0 Å². The monoisotopic (exact) mass is 304 g/mol. The predicted molar refractivity (Wildman–Crippen MR) is 90.9 cm³/mol. The van der Waals surface area contributed by atoms with Gasteiger partial charge in [0.2, 0.25) is 5.91 Å². The van der Waals surface area contributed by atoms with Gasteiger partial charge in [-0.25, -0.2) is 0 Å². The van der Waals surface area contributed by atoms with Crippen molar-refractivity contribution in [1.82, 2.24) is 9.88 Å². The highest BCUT2D eigenvalue weighted by Gasteiger charge is 2.43. The topological polar surface area (TPSA) is 33.2 Å². The fourth-order valence-corrected chi connectivity index (χ4v) is 2.84. The van der Waals surface area contributed by atoms with Crippen LogP contribution in [0, 0.1) is 11.8 Å². The van der Waals surface area contributed by atoms with Gasteiger partial charge in [-0.1, -0.05) is 30.0 Å². The van der Waals surface area contributed by atoms with Crippen LogP contribution in [0.5, 0.6) is 0 Å². The summed E-state index contributed by atoms with van der Waals surface area (Å²) in [5.41, 5.74) is 2.55. The van der Waals surface area contributed by atoms with Gasteiger partial charge < -0.3 is 4.90 Å². The number of likely N-dealkylation sites (tertiary alicyclic amines) is 1. The molecule has 1 aliphatic rings. The second kappa shape index (κ2) is 5.89. The summed E-state index contributed by atoms with van der Waals surface area (Å²) in [4.78, 5) is 18.7. The second-order valence-electron chi connectivity index (χ2n) is 6.55. The van der Waals surface area contributed by atoms with Crippen molar-refractivity contribution < 1.29 is 4.79 Å². The lowest BCUT2D eigenvalue weighted by atomic mass is 9.93. The summed E-state index contributed by atoms with van der Waals surface area (Å²) >= 11 is 0. The first kappa shape index (κ1) is 15.3. The SMILES string of the molecule is CN1C(=O)C(c2ccc(C#Cc3ccccc3)cn2)CC1(C)C. The van der Waals surface area contributed by atoms with E-state index in [1.165, 1.54) is 0 Å². The quantitative estimate of drug-likeness (QED) is 0.758. The summed E-state index contributed by atoms with van der Waals surface area (Å²) in [5, 5.41) is 0. The minimum Gasteiger partial charge on any atom is -0.340 e. The summed E-state index contributed by atoms with van der Waals surface area (Å²) in [6, 6.07) is 13.7. The van der Waals surface area contributed by atoms with Gasteiger partial charge in [0, 0.05) is 29.9 Å². The van der Waals surface area contributed by atoms with Gasteiger partial charge in [-0.2, -0.15) is 0 Å². The van der Waals surface area contributed by atoms with E-state index in [-0.39, 0.29) is 17.4 Å². The highest BCUT2D eigenvalue weighted by Crippen LogP contribution is 2.37. The average Bonchev–Trinajstić information content (AvgIpc) is 2.78. The van der Waals surface area contributed by atoms with E-state index in [9.17, 15) is 4.79 Å². The number of pyridine rings is 1. The van der Waals surface area contributed by atoms with Crippen LogP contribution >= 0.6 is 0 Å². The van der Waals surface area contributed by atoms with E-state index in [0.29, 0.717) is 0 Å². The summed E-state index contributed by atoms with van der Waals surface area (Å²) in [5.74, 6) is 6.22. The van der Waals surface area contributed by atoms with Gasteiger partial charge in [0.1, 0.15) is 0 Å². The molecule has 1 aromatic carbocycles. The van der Waals surface area contributed by atoms with E-state index >= 15 is 0 Å². The Hall–Kier alpha value is -2.60. The van der Waals surface area contributed by atoms with Crippen molar-refractivity contribution in [1.29, 1.82) is 0 Å². The largest absolute Gasteiger partial charge is 0.340 e. The molecule has 0 aliphatic carbocycles. The van der Waals surface area contributed by atoms with E-state index in [1.54, 1.807) is 6.20 Å². The van der Waals surface area contributed by atoms with Gasteiger partial charge in [-0.05, 0) is 44.5 Å². The number of rotatable bonds is 1. The molecular formula is C20H20N2O. The number of aromatic nitrogens is 1. The van der Waals surface area contributed by atoms with Crippen LogP contribution < -0.4 is 0 Å². The molecular weight excluding hydrogens is 284 g/mol. The van der Waals surface area contributed by atoms with Crippen molar-refractivity contribution in [2.45, 2.75) is 31.7 Å². The Kier molecular flexibility index (Phi) is 3.92. The first-order chi connectivity index (χ1) is 11.0. The molecule has 0 N–H and O–H groups in total. The first-order valence-electron chi connectivity index (χ1n) is 7.78.